The average molecular weight is 249 g/mol. The molecule has 0 atom stereocenters. The van der Waals surface area contributed by atoms with Crippen molar-refractivity contribution in [2.45, 2.75) is 6.43 Å². The van der Waals surface area contributed by atoms with Gasteiger partial charge in [0.1, 0.15) is 11.6 Å². The number of aromatic amines is 1. The number of rotatable bonds is 1. The lowest BCUT2D eigenvalue weighted by molar-refractivity contribution is 0.145. The number of nitrogens with one attached hydrogen (secondary N) is 1. The van der Waals surface area contributed by atoms with Crippen LogP contribution in [0.5, 0.6) is 0 Å². The van der Waals surface area contributed by atoms with Gasteiger partial charge in [0.2, 0.25) is 0 Å². The average Bonchev–Trinajstić information content (AvgIpc) is 2.03. The number of alkyl halides is 2. The van der Waals surface area contributed by atoms with Gasteiger partial charge < -0.3 is 4.98 Å². The smallest absolute Gasteiger partial charge is 0.278 e. The molecule has 1 N–H and O–H groups in total. The Morgan fingerprint density at radius 2 is 2.23 bits per heavy atom. The van der Waals surface area contributed by atoms with Gasteiger partial charge in [0, 0.05) is 4.47 Å². The Hall–Kier alpha value is -1.22. The zero-order chi connectivity index (χ0) is 10.0. The predicted molar refractivity (Wildman–Crippen MR) is 44.4 cm³/mol. The second-order valence-electron chi connectivity index (χ2n) is 2.19. The lowest BCUT2D eigenvalue weighted by atomic mass is 10.2. The van der Waals surface area contributed by atoms with Gasteiger partial charge in [-0.1, -0.05) is 0 Å². The Bertz CT molecular complexity index is 421. The normalized spacial score (nSPS) is 10.1. The largest absolute Gasteiger partial charge is 0.320 e. The van der Waals surface area contributed by atoms with Gasteiger partial charge in [-0.3, -0.25) is 4.79 Å². The number of hydrogen-bond donors (Lipinski definition) is 1. The maximum absolute atomic E-state index is 12.1. The monoisotopic (exact) mass is 248 g/mol. The van der Waals surface area contributed by atoms with E-state index in [4.69, 9.17) is 5.26 Å². The fourth-order valence-corrected chi connectivity index (χ4v) is 1.28. The van der Waals surface area contributed by atoms with E-state index in [1.807, 2.05) is 4.98 Å². The number of H-pyrrole nitrogens is 1. The molecule has 0 bridgehead atoms. The maximum Gasteiger partial charge on any atom is 0.278 e. The first-order chi connectivity index (χ1) is 6.06. The fraction of sp³-hybridized carbons (Fsp3) is 0.143. The van der Waals surface area contributed by atoms with Crippen molar-refractivity contribution >= 4 is 15.9 Å². The van der Waals surface area contributed by atoms with Crippen LogP contribution in [-0.4, -0.2) is 4.98 Å². The van der Waals surface area contributed by atoms with E-state index in [1.54, 1.807) is 6.07 Å². The van der Waals surface area contributed by atoms with Crippen LogP contribution in [0.15, 0.2) is 15.3 Å². The fourth-order valence-electron chi connectivity index (χ4n) is 0.769. The highest BCUT2D eigenvalue weighted by Gasteiger charge is 2.12. The zero-order valence-corrected chi connectivity index (χ0v) is 7.73. The standard InChI is InChI=1S/C7H3BrF2N2O/c8-4-1-5(6(9)10)12-7(13)3(4)2-11/h1,6H,(H,12,13). The van der Waals surface area contributed by atoms with Gasteiger partial charge in [0.05, 0.1) is 5.69 Å². The first-order valence-electron chi connectivity index (χ1n) is 3.17. The van der Waals surface area contributed by atoms with Gasteiger partial charge in [0.25, 0.3) is 12.0 Å². The van der Waals surface area contributed by atoms with Crippen LogP contribution in [0, 0.1) is 11.3 Å². The van der Waals surface area contributed by atoms with Crippen molar-refractivity contribution in [3.8, 4) is 6.07 Å². The van der Waals surface area contributed by atoms with Gasteiger partial charge in [-0.15, -0.1) is 0 Å². The number of pyridine rings is 1. The molecule has 68 valence electrons. The quantitative estimate of drug-likeness (QED) is 0.826. The van der Waals surface area contributed by atoms with E-state index >= 15 is 0 Å². The Balaban J connectivity index is 3.40. The minimum atomic E-state index is -2.75. The highest BCUT2D eigenvalue weighted by Crippen LogP contribution is 2.20. The van der Waals surface area contributed by atoms with Crippen LogP contribution in [-0.2, 0) is 0 Å². The Labute approximate surface area is 80.1 Å². The molecule has 0 aliphatic carbocycles. The molecule has 13 heavy (non-hydrogen) atoms. The minimum Gasteiger partial charge on any atom is -0.320 e. The molecule has 0 unspecified atom stereocenters. The SMILES string of the molecule is N#Cc1c(Br)cc(C(F)F)[nH]c1=O. The zero-order valence-electron chi connectivity index (χ0n) is 6.14. The summed E-state index contributed by atoms with van der Waals surface area (Å²) < 4.78 is 24.3. The van der Waals surface area contributed by atoms with Gasteiger partial charge in [-0.25, -0.2) is 8.78 Å². The summed E-state index contributed by atoms with van der Waals surface area (Å²) in [5, 5.41) is 8.44. The van der Waals surface area contributed by atoms with Crippen molar-refractivity contribution in [3.05, 3.63) is 32.2 Å². The molecular weight excluding hydrogens is 246 g/mol. The molecular formula is C7H3BrF2N2O. The lowest BCUT2D eigenvalue weighted by Gasteiger charge is -2.00. The van der Waals surface area contributed by atoms with Crippen LogP contribution in [0.4, 0.5) is 8.78 Å². The van der Waals surface area contributed by atoms with E-state index in [0.717, 1.165) is 6.07 Å². The molecule has 0 spiro atoms. The first-order valence-corrected chi connectivity index (χ1v) is 3.96. The molecule has 1 aromatic heterocycles. The molecule has 0 amide bonds. The molecule has 1 heterocycles. The van der Waals surface area contributed by atoms with Gasteiger partial charge in [-0.05, 0) is 22.0 Å². The summed E-state index contributed by atoms with van der Waals surface area (Å²) in [4.78, 5) is 12.9. The number of halogens is 3. The second-order valence-corrected chi connectivity index (χ2v) is 3.04. The summed E-state index contributed by atoms with van der Waals surface area (Å²) in [6, 6.07) is 2.61. The molecule has 3 nitrogen and oxygen atoms in total. The van der Waals surface area contributed by atoms with Crippen molar-refractivity contribution < 1.29 is 8.78 Å². The lowest BCUT2D eigenvalue weighted by Crippen LogP contribution is -2.13. The third-order valence-electron chi connectivity index (χ3n) is 1.35. The molecule has 0 radical (unpaired) electrons. The van der Waals surface area contributed by atoms with Crippen LogP contribution in [0.3, 0.4) is 0 Å². The van der Waals surface area contributed by atoms with Crippen LogP contribution < -0.4 is 5.56 Å². The van der Waals surface area contributed by atoms with Crippen molar-refractivity contribution in [2.24, 2.45) is 0 Å². The van der Waals surface area contributed by atoms with Crippen molar-refractivity contribution in [1.82, 2.24) is 4.98 Å². The molecule has 6 heteroatoms. The van der Waals surface area contributed by atoms with E-state index < -0.39 is 17.7 Å². The molecule has 1 aromatic rings. The summed E-state index contributed by atoms with van der Waals surface area (Å²) in [5.74, 6) is 0. The molecule has 0 aliphatic rings. The van der Waals surface area contributed by atoms with E-state index in [9.17, 15) is 13.6 Å². The number of nitrogens with zero attached hydrogens (tertiary/aromatic N) is 1. The first kappa shape index (κ1) is 9.86. The third kappa shape index (κ3) is 1.92. The molecule has 0 aromatic carbocycles. The highest BCUT2D eigenvalue weighted by molar-refractivity contribution is 9.10. The maximum atomic E-state index is 12.1. The van der Waals surface area contributed by atoms with Crippen LogP contribution >= 0.6 is 15.9 Å². The molecule has 0 aliphatic heterocycles. The molecule has 0 saturated carbocycles. The highest BCUT2D eigenvalue weighted by atomic mass is 79.9. The van der Waals surface area contributed by atoms with Crippen LogP contribution in [0.2, 0.25) is 0 Å². The summed E-state index contributed by atoms with van der Waals surface area (Å²) in [5.41, 5.74) is -1.52. The van der Waals surface area contributed by atoms with Crippen molar-refractivity contribution in [3.63, 3.8) is 0 Å². The Morgan fingerprint density at radius 3 is 2.62 bits per heavy atom. The van der Waals surface area contributed by atoms with E-state index in [0.29, 0.717) is 0 Å². The molecule has 0 fully saturated rings. The summed E-state index contributed by atoms with van der Waals surface area (Å²) in [6.45, 7) is 0. The van der Waals surface area contributed by atoms with Crippen molar-refractivity contribution in [2.75, 3.05) is 0 Å². The number of aromatic nitrogens is 1. The number of hydrogen-bond acceptors (Lipinski definition) is 2. The Kier molecular flexibility index (Phi) is 2.78. The predicted octanol–water partition coefficient (Wildman–Crippen LogP) is 1.95. The van der Waals surface area contributed by atoms with E-state index in [1.165, 1.54) is 0 Å². The van der Waals surface area contributed by atoms with E-state index in [2.05, 4.69) is 15.9 Å². The summed E-state index contributed by atoms with van der Waals surface area (Å²) in [7, 11) is 0. The van der Waals surface area contributed by atoms with Gasteiger partial charge in [-0.2, -0.15) is 5.26 Å². The van der Waals surface area contributed by atoms with Crippen molar-refractivity contribution in [1.29, 1.82) is 5.26 Å². The number of nitriles is 1. The molecule has 0 saturated heterocycles. The van der Waals surface area contributed by atoms with Gasteiger partial charge in [0.15, 0.2) is 0 Å². The minimum absolute atomic E-state index is 0.0778. The topological polar surface area (TPSA) is 56.6 Å². The Morgan fingerprint density at radius 1 is 1.62 bits per heavy atom. The van der Waals surface area contributed by atoms with Gasteiger partial charge >= 0.3 is 0 Å². The molecule has 1 rings (SSSR count). The third-order valence-corrected chi connectivity index (χ3v) is 1.98. The van der Waals surface area contributed by atoms with Crippen LogP contribution in [0.1, 0.15) is 17.7 Å². The summed E-state index contributed by atoms with van der Waals surface area (Å²) >= 11 is 2.85. The van der Waals surface area contributed by atoms with Crippen LogP contribution in [0.25, 0.3) is 0 Å². The second kappa shape index (κ2) is 3.66. The summed E-state index contributed by atoms with van der Waals surface area (Å²) in [6.07, 6.45) is -2.75. The van der Waals surface area contributed by atoms with E-state index in [-0.39, 0.29) is 10.0 Å².